The normalized spacial score (nSPS) is 14.9. The van der Waals surface area contributed by atoms with Gasteiger partial charge < -0.3 is 33.5 Å². The third kappa shape index (κ3) is 4.56. The fourth-order valence-corrected chi connectivity index (χ4v) is 13.3. The zero-order chi connectivity index (χ0) is 45.8. The van der Waals surface area contributed by atoms with Crippen LogP contribution in [0.25, 0.3) is 0 Å². The van der Waals surface area contributed by atoms with E-state index in [-0.39, 0.29) is 20.1 Å². The summed E-state index contributed by atoms with van der Waals surface area (Å²) in [7, 11) is 0. The van der Waals surface area contributed by atoms with E-state index in [1.807, 2.05) is 36.4 Å². The molecule has 8 nitrogen and oxygen atoms in total. The Morgan fingerprint density at radius 3 is 1.54 bits per heavy atom. The molecule has 0 N–H and O–H groups in total. The Hall–Kier alpha value is -9.21. The van der Waals surface area contributed by atoms with Crippen LogP contribution in [0, 0.1) is 0 Å². The molecule has 0 saturated heterocycles. The van der Waals surface area contributed by atoms with Crippen LogP contribution in [-0.4, -0.2) is 20.1 Å². The van der Waals surface area contributed by atoms with Crippen molar-refractivity contribution < 1.29 is 23.7 Å². The number of para-hydroxylation sites is 7. The van der Waals surface area contributed by atoms with E-state index < -0.39 is 0 Å². The molecule has 0 spiro atoms. The van der Waals surface area contributed by atoms with E-state index in [0.29, 0.717) is 0 Å². The van der Waals surface area contributed by atoms with Crippen molar-refractivity contribution in [2.45, 2.75) is 0 Å². The molecule has 0 atom stereocenters. The van der Waals surface area contributed by atoms with Crippen molar-refractivity contribution in [1.29, 1.82) is 0 Å². The van der Waals surface area contributed by atoms with Crippen LogP contribution in [-0.2, 0) is 0 Å². The Morgan fingerprint density at radius 2 is 0.761 bits per heavy atom. The first-order valence-electron chi connectivity index (χ1n) is 24.2. The van der Waals surface area contributed by atoms with Crippen molar-refractivity contribution >= 4 is 120 Å². The summed E-state index contributed by atoms with van der Waals surface area (Å²) < 4.78 is 34.3. The molecule has 8 aliphatic heterocycles. The fraction of sp³-hybridized carbons (Fsp3) is 0. The van der Waals surface area contributed by atoms with Crippen molar-refractivity contribution in [3.63, 3.8) is 0 Å². The summed E-state index contributed by atoms with van der Waals surface area (Å²) in [6, 6.07) is 69.0. The molecule has 0 saturated carbocycles. The summed E-state index contributed by atoms with van der Waals surface area (Å²) in [5.41, 5.74) is 20.0. The molecule has 0 radical (unpaired) electrons. The highest BCUT2D eigenvalue weighted by Crippen LogP contribution is 2.60. The summed E-state index contributed by atoms with van der Waals surface area (Å²) in [6.07, 6.45) is 0. The quantitative estimate of drug-likeness (QED) is 0.151. The molecule has 18 rings (SSSR count). The van der Waals surface area contributed by atoms with E-state index in [4.69, 9.17) is 23.7 Å². The number of rotatable bonds is 1. The summed E-state index contributed by atoms with van der Waals surface area (Å²) in [5, 5.41) is 0. The fourth-order valence-electron chi connectivity index (χ4n) is 13.3. The monoisotopic (exact) mass is 907 g/mol. The van der Waals surface area contributed by atoms with Crippen LogP contribution in [0.5, 0.6) is 57.5 Å². The summed E-state index contributed by atoms with van der Waals surface area (Å²) in [4.78, 5) is 7.27. The van der Waals surface area contributed by atoms with Gasteiger partial charge >= 0.3 is 0 Å². The minimum Gasteiger partial charge on any atom is -0.458 e. The molecule has 0 amide bonds. The number of benzene rings is 10. The SMILES string of the molecule is c1ccc(N2c3cc4c(cc3B3c5ccccc5N5c6ccccc6B6c7cc8c(cc7Oc7cc2c3c5c76)Oc2cccc3c2N8c2ccccc2O3)B2c3ccccc3Oc3cccc(c32)O4)cc1. The Bertz CT molecular complexity index is 4120. The van der Waals surface area contributed by atoms with E-state index in [1.54, 1.807) is 0 Å². The molecule has 0 fully saturated rings. The molecule has 0 bridgehead atoms. The Balaban J connectivity index is 0.918. The maximum atomic E-state index is 7.40. The summed E-state index contributed by atoms with van der Waals surface area (Å²) in [6.45, 7) is -0.377. The minimum atomic E-state index is -0.164. The molecule has 11 heteroatoms. The highest BCUT2D eigenvalue weighted by atomic mass is 16.5. The molecule has 8 aliphatic rings. The topological polar surface area (TPSA) is 55.9 Å². The van der Waals surface area contributed by atoms with E-state index in [9.17, 15) is 0 Å². The molecular weight excluding hydrogens is 875 g/mol. The van der Waals surface area contributed by atoms with Crippen LogP contribution >= 0.6 is 0 Å². The predicted molar refractivity (Wildman–Crippen MR) is 284 cm³/mol. The van der Waals surface area contributed by atoms with Gasteiger partial charge in [-0.3, -0.25) is 4.90 Å². The second kappa shape index (κ2) is 12.9. The Kier molecular flexibility index (Phi) is 6.69. The van der Waals surface area contributed by atoms with Gasteiger partial charge in [0.2, 0.25) is 0 Å². The number of nitrogens with zero attached hydrogens (tertiary/aromatic N) is 3. The largest absolute Gasteiger partial charge is 0.458 e. The van der Waals surface area contributed by atoms with Crippen LogP contribution < -0.4 is 87.5 Å². The maximum Gasteiger partial charge on any atom is 0.260 e. The van der Waals surface area contributed by atoms with Crippen LogP contribution in [0.3, 0.4) is 0 Å². The highest BCUT2D eigenvalue weighted by molar-refractivity contribution is 7.05. The molecule has 326 valence electrons. The molecule has 0 aliphatic carbocycles. The summed E-state index contributed by atoms with van der Waals surface area (Å²) in [5.74, 6) is 7.96. The lowest BCUT2D eigenvalue weighted by atomic mass is 9.28. The van der Waals surface area contributed by atoms with Crippen molar-refractivity contribution in [1.82, 2.24) is 0 Å². The van der Waals surface area contributed by atoms with E-state index in [2.05, 4.69) is 172 Å². The Morgan fingerprint density at radius 1 is 0.239 bits per heavy atom. The van der Waals surface area contributed by atoms with Gasteiger partial charge in [0, 0.05) is 57.8 Å². The molecule has 8 heterocycles. The average Bonchev–Trinajstić information content (AvgIpc) is 3.42. The first-order chi connectivity index (χ1) is 35.2. The van der Waals surface area contributed by atoms with Crippen molar-refractivity contribution in [2.75, 3.05) is 14.7 Å². The smallest absolute Gasteiger partial charge is 0.260 e. The zero-order valence-corrected chi connectivity index (χ0v) is 37.6. The molecule has 10 aromatic rings. The molecule has 10 aromatic carbocycles. The van der Waals surface area contributed by atoms with E-state index >= 15 is 0 Å². The van der Waals surface area contributed by atoms with Gasteiger partial charge in [-0.25, -0.2) is 0 Å². The summed E-state index contributed by atoms with van der Waals surface area (Å²) >= 11 is 0. The van der Waals surface area contributed by atoms with E-state index in [1.165, 1.54) is 27.5 Å². The van der Waals surface area contributed by atoms with Gasteiger partial charge in [0.25, 0.3) is 20.1 Å². The second-order valence-electron chi connectivity index (χ2n) is 19.4. The van der Waals surface area contributed by atoms with Crippen LogP contribution in [0.15, 0.2) is 194 Å². The van der Waals surface area contributed by atoms with Crippen LogP contribution in [0.1, 0.15) is 0 Å². The van der Waals surface area contributed by atoms with Gasteiger partial charge in [-0.15, -0.1) is 0 Å². The van der Waals surface area contributed by atoms with Crippen molar-refractivity contribution in [2.24, 2.45) is 0 Å². The molecule has 0 unspecified atom stereocenters. The highest BCUT2D eigenvalue weighted by Gasteiger charge is 2.53. The average molecular weight is 907 g/mol. The van der Waals surface area contributed by atoms with Gasteiger partial charge in [0.05, 0.1) is 11.4 Å². The molecule has 0 aromatic heterocycles. The van der Waals surface area contributed by atoms with Crippen LogP contribution in [0.2, 0.25) is 0 Å². The van der Waals surface area contributed by atoms with Gasteiger partial charge in [-0.1, -0.05) is 103 Å². The lowest BCUT2D eigenvalue weighted by Crippen LogP contribution is -2.68. The molecular formula is C60H32B3N3O5. The molecule has 71 heavy (non-hydrogen) atoms. The van der Waals surface area contributed by atoms with Gasteiger partial charge in [-0.2, -0.15) is 0 Å². The lowest BCUT2D eigenvalue weighted by molar-refractivity contribution is 0.440. The number of anilines is 9. The standard InChI is InChI=1S/C60H32B3N3O5/c1-2-14-33(15-3-1)64-43-30-52-38(63-36-18-6-10-22-46(36)67-48-24-12-25-49(69-52)57(48)63)28-37(43)61-34-16-4-7-19-40(34)65-41-20-8-5-17-35(41)62-39-29-44-54(32-53(39)71-55-31-45(64)56(61)60(65)58(55)62)70-51-27-13-26-50-59(51)66(44)42-21-9-11-23-47(42)68-50/h1-32H. The third-order valence-corrected chi connectivity index (χ3v) is 16.0. The predicted octanol–water partition coefficient (Wildman–Crippen LogP) is 9.11. The third-order valence-electron chi connectivity index (χ3n) is 16.0. The maximum absolute atomic E-state index is 7.40. The van der Waals surface area contributed by atoms with Gasteiger partial charge in [0.1, 0.15) is 40.2 Å². The lowest BCUT2D eigenvalue weighted by Gasteiger charge is -2.49. The van der Waals surface area contributed by atoms with E-state index in [0.717, 1.165) is 130 Å². The van der Waals surface area contributed by atoms with Gasteiger partial charge in [-0.05, 0) is 116 Å². The first-order valence-corrected chi connectivity index (χ1v) is 24.2. The van der Waals surface area contributed by atoms with Crippen molar-refractivity contribution in [3.05, 3.63) is 194 Å². The first kappa shape index (κ1) is 36.8. The number of hydrogen-bond acceptors (Lipinski definition) is 8. The minimum absolute atomic E-state index is 0.0819. The van der Waals surface area contributed by atoms with Crippen molar-refractivity contribution in [3.8, 4) is 57.5 Å². The number of hydrogen-bond donors (Lipinski definition) is 0. The van der Waals surface area contributed by atoms with Gasteiger partial charge in [0.15, 0.2) is 23.0 Å². The second-order valence-corrected chi connectivity index (χ2v) is 19.4. The zero-order valence-electron chi connectivity index (χ0n) is 37.6. The number of fused-ring (bicyclic) bond motifs is 18. The van der Waals surface area contributed by atoms with Crippen LogP contribution in [0.4, 0.5) is 51.2 Å². The Labute approximate surface area is 408 Å². The number of ether oxygens (including phenoxy) is 5.